The molecule has 1 aromatic heterocycles. The van der Waals surface area contributed by atoms with Crippen molar-refractivity contribution in [2.24, 2.45) is 5.92 Å². The fraction of sp³-hybridized carbons (Fsp3) is 0.368. The number of nitrogens with zero attached hydrogens (tertiary/aromatic N) is 2. The van der Waals surface area contributed by atoms with E-state index in [-0.39, 0.29) is 0 Å². The Morgan fingerprint density at radius 3 is 2.46 bits per heavy atom. The van der Waals surface area contributed by atoms with E-state index < -0.39 is 0 Å². The van der Waals surface area contributed by atoms with Crippen molar-refractivity contribution in [1.82, 2.24) is 4.98 Å². The SMILES string of the molecule is COc1cc(OC)cc(-c2c(C#N)c(N)nc3c2CC(C)CC3)c1. The van der Waals surface area contributed by atoms with Crippen LogP contribution >= 0.6 is 0 Å². The van der Waals surface area contributed by atoms with Gasteiger partial charge in [-0.15, -0.1) is 0 Å². The molecule has 1 heterocycles. The highest BCUT2D eigenvalue weighted by Crippen LogP contribution is 2.39. The number of rotatable bonds is 3. The zero-order chi connectivity index (χ0) is 17.3. The summed E-state index contributed by atoms with van der Waals surface area (Å²) in [6.07, 6.45) is 2.87. The average molecular weight is 323 g/mol. The number of pyridine rings is 1. The summed E-state index contributed by atoms with van der Waals surface area (Å²) in [6.45, 7) is 2.22. The lowest BCUT2D eigenvalue weighted by molar-refractivity contribution is 0.394. The molecule has 0 radical (unpaired) electrons. The number of methoxy groups -OCH3 is 2. The van der Waals surface area contributed by atoms with Crippen LogP contribution in [0.3, 0.4) is 0 Å². The maximum absolute atomic E-state index is 9.65. The summed E-state index contributed by atoms with van der Waals surface area (Å²) in [5.74, 6) is 2.21. The average Bonchev–Trinajstić information content (AvgIpc) is 2.60. The van der Waals surface area contributed by atoms with Gasteiger partial charge in [-0.05, 0) is 48.4 Å². The number of hydrogen-bond acceptors (Lipinski definition) is 5. The third-order valence-corrected chi connectivity index (χ3v) is 4.59. The number of aromatic nitrogens is 1. The van der Waals surface area contributed by atoms with Crippen LogP contribution in [0.25, 0.3) is 11.1 Å². The summed E-state index contributed by atoms with van der Waals surface area (Å²) in [4.78, 5) is 4.48. The minimum atomic E-state index is 0.294. The molecule has 2 aromatic rings. The van der Waals surface area contributed by atoms with Gasteiger partial charge in [-0.1, -0.05) is 6.92 Å². The molecule has 0 saturated heterocycles. The van der Waals surface area contributed by atoms with Crippen LogP contribution in [-0.2, 0) is 12.8 Å². The van der Waals surface area contributed by atoms with Crippen molar-refractivity contribution in [2.75, 3.05) is 20.0 Å². The second-order valence-corrected chi connectivity index (χ2v) is 6.23. The first-order valence-electron chi connectivity index (χ1n) is 8.02. The molecule has 5 nitrogen and oxygen atoms in total. The van der Waals surface area contributed by atoms with Crippen LogP contribution < -0.4 is 15.2 Å². The quantitative estimate of drug-likeness (QED) is 0.937. The molecule has 1 aliphatic carbocycles. The van der Waals surface area contributed by atoms with Gasteiger partial charge in [0.25, 0.3) is 0 Å². The lowest BCUT2D eigenvalue weighted by Gasteiger charge is -2.25. The first kappa shape index (κ1) is 16.1. The Bertz CT molecular complexity index is 802. The number of nitrogen functional groups attached to an aromatic ring is 1. The maximum atomic E-state index is 9.65. The van der Waals surface area contributed by atoms with Crippen molar-refractivity contribution < 1.29 is 9.47 Å². The summed E-state index contributed by atoms with van der Waals surface area (Å²) >= 11 is 0. The Morgan fingerprint density at radius 1 is 1.21 bits per heavy atom. The molecule has 1 atom stereocenters. The molecule has 0 amide bonds. The monoisotopic (exact) mass is 323 g/mol. The first-order valence-corrected chi connectivity index (χ1v) is 8.02. The molecule has 124 valence electrons. The van der Waals surface area contributed by atoms with Crippen molar-refractivity contribution in [3.8, 4) is 28.7 Å². The van der Waals surface area contributed by atoms with Crippen molar-refractivity contribution in [3.63, 3.8) is 0 Å². The molecule has 2 N–H and O–H groups in total. The smallest absolute Gasteiger partial charge is 0.142 e. The molecule has 0 aliphatic heterocycles. The predicted molar refractivity (Wildman–Crippen MR) is 93.1 cm³/mol. The molecule has 1 aliphatic rings. The van der Waals surface area contributed by atoms with Crippen LogP contribution in [0.5, 0.6) is 11.5 Å². The first-order chi connectivity index (χ1) is 11.6. The van der Waals surface area contributed by atoms with Gasteiger partial charge in [0, 0.05) is 17.3 Å². The number of nitrogens with two attached hydrogens (primary N) is 1. The minimum absolute atomic E-state index is 0.294. The summed E-state index contributed by atoms with van der Waals surface area (Å²) in [7, 11) is 3.23. The number of nitriles is 1. The molecule has 1 aromatic carbocycles. The standard InChI is InChI=1S/C19H21N3O2/c1-11-4-5-17-15(6-11)18(16(10-20)19(21)22-17)12-7-13(23-2)9-14(8-12)24-3/h7-9,11H,4-6H2,1-3H3,(H2,21,22). The number of fused-ring (bicyclic) bond motifs is 1. The van der Waals surface area contributed by atoms with Gasteiger partial charge in [0.2, 0.25) is 0 Å². The Hall–Kier alpha value is -2.74. The lowest BCUT2D eigenvalue weighted by atomic mass is 9.82. The molecule has 0 bridgehead atoms. The second-order valence-electron chi connectivity index (χ2n) is 6.23. The number of aryl methyl sites for hydroxylation is 1. The van der Waals surface area contributed by atoms with Crippen molar-refractivity contribution in [2.45, 2.75) is 26.2 Å². The Labute approximate surface area is 142 Å². The maximum Gasteiger partial charge on any atom is 0.142 e. The highest BCUT2D eigenvalue weighted by Gasteiger charge is 2.25. The van der Waals surface area contributed by atoms with Gasteiger partial charge >= 0.3 is 0 Å². The molecular formula is C19H21N3O2. The van der Waals surface area contributed by atoms with E-state index in [1.165, 1.54) is 0 Å². The molecule has 3 rings (SSSR count). The highest BCUT2D eigenvalue weighted by molar-refractivity contribution is 5.80. The summed E-state index contributed by atoms with van der Waals surface area (Å²) < 4.78 is 10.8. The van der Waals surface area contributed by atoms with Crippen LogP contribution in [0.1, 0.15) is 30.2 Å². The van der Waals surface area contributed by atoms with Crippen LogP contribution in [0.2, 0.25) is 0 Å². The van der Waals surface area contributed by atoms with Crippen molar-refractivity contribution in [1.29, 1.82) is 5.26 Å². The van der Waals surface area contributed by atoms with Gasteiger partial charge in [0.15, 0.2) is 0 Å². The van der Waals surface area contributed by atoms with Gasteiger partial charge in [-0.25, -0.2) is 4.98 Å². The Morgan fingerprint density at radius 2 is 1.88 bits per heavy atom. The third-order valence-electron chi connectivity index (χ3n) is 4.59. The van der Waals surface area contributed by atoms with Gasteiger partial charge < -0.3 is 15.2 Å². The zero-order valence-electron chi connectivity index (χ0n) is 14.2. The van der Waals surface area contributed by atoms with Gasteiger partial charge in [-0.3, -0.25) is 0 Å². The van der Waals surface area contributed by atoms with E-state index in [0.717, 1.165) is 41.6 Å². The topological polar surface area (TPSA) is 81.2 Å². The van der Waals surface area contributed by atoms with E-state index in [4.69, 9.17) is 15.2 Å². The summed E-state index contributed by atoms with van der Waals surface area (Å²) in [5.41, 5.74) is 10.4. The number of hydrogen-bond donors (Lipinski definition) is 1. The van der Waals surface area contributed by atoms with E-state index in [1.54, 1.807) is 14.2 Å². The van der Waals surface area contributed by atoms with Crippen molar-refractivity contribution in [3.05, 3.63) is 35.0 Å². The Balaban J connectivity index is 2.31. The molecule has 0 saturated carbocycles. The minimum Gasteiger partial charge on any atom is -0.497 e. The molecule has 0 fully saturated rings. The van der Waals surface area contributed by atoms with Crippen LogP contribution in [0.15, 0.2) is 18.2 Å². The Kier molecular flexibility index (Phi) is 4.30. The van der Waals surface area contributed by atoms with Gasteiger partial charge in [-0.2, -0.15) is 5.26 Å². The predicted octanol–water partition coefficient (Wildman–Crippen LogP) is 3.34. The van der Waals surface area contributed by atoms with Gasteiger partial charge in [0.05, 0.1) is 14.2 Å². The largest absolute Gasteiger partial charge is 0.497 e. The van der Waals surface area contributed by atoms with Crippen LogP contribution in [0, 0.1) is 17.2 Å². The van der Waals surface area contributed by atoms with Crippen molar-refractivity contribution >= 4 is 5.82 Å². The molecular weight excluding hydrogens is 302 g/mol. The number of benzene rings is 1. The van der Waals surface area contributed by atoms with E-state index in [9.17, 15) is 5.26 Å². The van der Waals surface area contributed by atoms with E-state index in [0.29, 0.717) is 28.8 Å². The summed E-state index contributed by atoms with van der Waals surface area (Å²) in [5, 5.41) is 9.65. The molecule has 5 heteroatoms. The highest BCUT2D eigenvalue weighted by atomic mass is 16.5. The number of ether oxygens (including phenoxy) is 2. The number of anilines is 1. The fourth-order valence-electron chi connectivity index (χ4n) is 3.34. The van der Waals surface area contributed by atoms with E-state index in [2.05, 4.69) is 18.0 Å². The van der Waals surface area contributed by atoms with Crippen LogP contribution in [0.4, 0.5) is 5.82 Å². The van der Waals surface area contributed by atoms with E-state index in [1.807, 2.05) is 18.2 Å². The lowest BCUT2D eigenvalue weighted by Crippen LogP contribution is -2.16. The van der Waals surface area contributed by atoms with E-state index >= 15 is 0 Å². The van der Waals surface area contributed by atoms with Gasteiger partial charge in [0.1, 0.15) is 28.9 Å². The molecule has 1 unspecified atom stereocenters. The summed E-state index contributed by atoms with van der Waals surface area (Å²) in [6, 6.07) is 7.88. The van der Waals surface area contributed by atoms with Crippen LogP contribution in [-0.4, -0.2) is 19.2 Å². The molecule has 0 spiro atoms. The third kappa shape index (κ3) is 2.76. The normalized spacial score (nSPS) is 16.2. The second kappa shape index (κ2) is 6.40. The zero-order valence-corrected chi connectivity index (χ0v) is 14.2. The molecule has 24 heavy (non-hydrogen) atoms. The fourth-order valence-corrected chi connectivity index (χ4v) is 3.34.